The number of rotatable bonds is 3. The van der Waals surface area contributed by atoms with E-state index in [-0.39, 0.29) is 5.91 Å². The highest BCUT2D eigenvalue weighted by molar-refractivity contribution is 5.92. The summed E-state index contributed by atoms with van der Waals surface area (Å²) in [6.45, 7) is 8.15. The van der Waals surface area contributed by atoms with Crippen LogP contribution >= 0.6 is 0 Å². The Hall–Kier alpha value is -1.43. The van der Waals surface area contributed by atoms with E-state index < -0.39 is 0 Å². The quantitative estimate of drug-likeness (QED) is 0.802. The maximum atomic E-state index is 12.3. The molecule has 0 spiro atoms. The molecule has 1 aliphatic heterocycles. The number of amides is 1. The van der Waals surface area contributed by atoms with Crippen LogP contribution in [0, 0.1) is 5.92 Å². The van der Waals surface area contributed by atoms with Crippen molar-refractivity contribution in [3.8, 4) is 0 Å². The van der Waals surface area contributed by atoms with Crippen LogP contribution < -0.4 is 5.32 Å². The summed E-state index contributed by atoms with van der Waals surface area (Å²) in [6, 6.07) is 0. The first kappa shape index (κ1) is 12.0. The lowest BCUT2D eigenvalue weighted by Crippen LogP contribution is -2.47. The van der Waals surface area contributed by atoms with Gasteiger partial charge in [-0.1, -0.05) is 19.1 Å². The van der Waals surface area contributed by atoms with Gasteiger partial charge >= 0.3 is 0 Å². The standard InChI is InChI=1S/C11H19N5O/c1-9(2)8-16-10(7-13-14-16)11(17)15-5-3-12-4-6-15/h7,9,12H,3-6,8H2,1-2H3. The largest absolute Gasteiger partial charge is 0.335 e. The third-order valence-electron chi connectivity index (χ3n) is 2.78. The smallest absolute Gasteiger partial charge is 0.273 e. The third kappa shape index (κ3) is 2.82. The van der Waals surface area contributed by atoms with Gasteiger partial charge in [-0.05, 0) is 5.92 Å². The van der Waals surface area contributed by atoms with Gasteiger partial charge in [-0.3, -0.25) is 4.79 Å². The van der Waals surface area contributed by atoms with E-state index in [4.69, 9.17) is 0 Å². The number of hydrogen-bond donors (Lipinski definition) is 1. The zero-order chi connectivity index (χ0) is 12.3. The molecule has 1 aromatic rings. The van der Waals surface area contributed by atoms with E-state index in [2.05, 4.69) is 29.5 Å². The molecule has 1 aliphatic rings. The molecule has 1 aromatic heterocycles. The van der Waals surface area contributed by atoms with Crippen molar-refractivity contribution in [2.75, 3.05) is 26.2 Å². The zero-order valence-corrected chi connectivity index (χ0v) is 10.4. The van der Waals surface area contributed by atoms with Crippen molar-refractivity contribution < 1.29 is 4.79 Å². The molecule has 1 N–H and O–H groups in total. The molecule has 1 saturated heterocycles. The first-order chi connectivity index (χ1) is 8.18. The van der Waals surface area contributed by atoms with Crippen molar-refractivity contribution in [3.63, 3.8) is 0 Å². The second-order valence-electron chi connectivity index (χ2n) is 4.74. The van der Waals surface area contributed by atoms with Crippen LogP contribution in [-0.4, -0.2) is 52.0 Å². The Morgan fingerprint density at radius 1 is 1.47 bits per heavy atom. The summed E-state index contributed by atoms with van der Waals surface area (Å²) >= 11 is 0. The maximum Gasteiger partial charge on any atom is 0.273 e. The molecule has 2 heterocycles. The van der Waals surface area contributed by atoms with Gasteiger partial charge in [0.05, 0.1) is 6.20 Å². The Kier molecular flexibility index (Phi) is 3.73. The van der Waals surface area contributed by atoms with E-state index in [9.17, 15) is 4.79 Å². The minimum absolute atomic E-state index is 0.0390. The normalized spacial score (nSPS) is 16.5. The molecule has 0 saturated carbocycles. The van der Waals surface area contributed by atoms with Gasteiger partial charge in [-0.15, -0.1) is 5.10 Å². The summed E-state index contributed by atoms with van der Waals surface area (Å²) in [5, 5.41) is 11.0. The number of aromatic nitrogens is 3. The van der Waals surface area contributed by atoms with Crippen molar-refractivity contribution in [2.24, 2.45) is 5.92 Å². The third-order valence-corrected chi connectivity index (χ3v) is 2.78. The van der Waals surface area contributed by atoms with Crippen LogP contribution in [0.25, 0.3) is 0 Å². The average Bonchev–Trinajstić information content (AvgIpc) is 2.76. The number of carbonyl (C=O) groups excluding carboxylic acids is 1. The number of piperazine rings is 1. The zero-order valence-electron chi connectivity index (χ0n) is 10.4. The second kappa shape index (κ2) is 5.27. The molecule has 0 radical (unpaired) electrons. The predicted octanol–water partition coefficient (Wildman–Crippen LogP) is -0.0205. The monoisotopic (exact) mass is 237 g/mol. The van der Waals surface area contributed by atoms with Crippen LogP contribution in [-0.2, 0) is 6.54 Å². The van der Waals surface area contributed by atoms with Gasteiger partial charge in [-0.25, -0.2) is 4.68 Å². The maximum absolute atomic E-state index is 12.3. The Morgan fingerprint density at radius 2 is 2.18 bits per heavy atom. The first-order valence-corrected chi connectivity index (χ1v) is 6.07. The molecule has 6 nitrogen and oxygen atoms in total. The van der Waals surface area contributed by atoms with E-state index in [1.54, 1.807) is 10.9 Å². The summed E-state index contributed by atoms with van der Waals surface area (Å²) in [4.78, 5) is 14.1. The van der Waals surface area contributed by atoms with Gasteiger partial charge in [0.15, 0.2) is 0 Å². The molecule has 0 atom stereocenters. The number of nitrogens with one attached hydrogen (secondary N) is 1. The summed E-state index contributed by atoms with van der Waals surface area (Å²) in [6.07, 6.45) is 1.56. The van der Waals surface area contributed by atoms with Crippen molar-refractivity contribution in [1.29, 1.82) is 0 Å². The van der Waals surface area contributed by atoms with Gasteiger partial charge in [0.2, 0.25) is 0 Å². The van der Waals surface area contributed by atoms with Crippen LogP contribution in [0.15, 0.2) is 6.20 Å². The van der Waals surface area contributed by atoms with Gasteiger partial charge in [0.1, 0.15) is 5.69 Å². The fraction of sp³-hybridized carbons (Fsp3) is 0.727. The molecule has 0 aromatic carbocycles. The Balaban J connectivity index is 2.10. The van der Waals surface area contributed by atoms with E-state index in [0.29, 0.717) is 11.6 Å². The van der Waals surface area contributed by atoms with E-state index in [1.165, 1.54) is 0 Å². The molecular formula is C11H19N5O. The lowest BCUT2D eigenvalue weighted by molar-refractivity contribution is 0.0722. The van der Waals surface area contributed by atoms with Crippen molar-refractivity contribution in [3.05, 3.63) is 11.9 Å². The number of hydrogen-bond acceptors (Lipinski definition) is 4. The Labute approximate surface area is 101 Å². The Bertz CT molecular complexity index is 381. The topological polar surface area (TPSA) is 63.1 Å². The molecule has 0 bridgehead atoms. The van der Waals surface area contributed by atoms with Crippen molar-refractivity contribution >= 4 is 5.91 Å². The molecule has 94 valence electrons. The highest BCUT2D eigenvalue weighted by atomic mass is 16.2. The summed E-state index contributed by atoms with van der Waals surface area (Å²) in [7, 11) is 0. The van der Waals surface area contributed by atoms with Gasteiger partial charge < -0.3 is 10.2 Å². The van der Waals surface area contributed by atoms with Gasteiger partial charge in [-0.2, -0.15) is 0 Å². The number of carbonyl (C=O) groups is 1. The van der Waals surface area contributed by atoms with E-state index in [0.717, 1.165) is 32.7 Å². The fourth-order valence-electron chi connectivity index (χ4n) is 1.93. The van der Waals surface area contributed by atoms with Gasteiger partial charge in [0, 0.05) is 32.7 Å². The second-order valence-corrected chi connectivity index (χ2v) is 4.74. The molecule has 1 amide bonds. The minimum Gasteiger partial charge on any atom is -0.335 e. The van der Waals surface area contributed by atoms with E-state index >= 15 is 0 Å². The number of nitrogens with zero attached hydrogens (tertiary/aromatic N) is 4. The summed E-state index contributed by atoms with van der Waals surface area (Å²) in [5.41, 5.74) is 0.598. The molecule has 0 unspecified atom stereocenters. The minimum atomic E-state index is 0.0390. The van der Waals surface area contributed by atoms with Gasteiger partial charge in [0.25, 0.3) is 5.91 Å². The van der Waals surface area contributed by atoms with Crippen LogP contribution in [0.4, 0.5) is 0 Å². The van der Waals surface area contributed by atoms with Crippen LogP contribution in [0.2, 0.25) is 0 Å². The fourth-order valence-corrected chi connectivity index (χ4v) is 1.93. The molecule has 2 rings (SSSR count). The van der Waals surface area contributed by atoms with Crippen LogP contribution in [0.1, 0.15) is 24.3 Å². The van der Waals surface area contributed by atoms with E-state index in [1.807, 2.05) is 4.90 Å². The SMILES string of the molecule is CC(C)Cn1nncc1C(=O)N1CCNCC1. The molecule has 0 aliphatic carbocycles. The highest BCUT2D eigenvalue weighted by Crippen LogP contribution is 2.07. The lowest BCUT2D eigenvalue weighted by Gasteiger charge is -2.27. The highest BCUT2D eigenvalue weighted by Gasteiger charge is 2.21. The van der Waals surface area contributed by atoms with Crippen molar-refractivity contribution in [2.45, 2.75) is 20.4 Å². The predicted molar refractivity (Wildman–Crippen MR) is 63.6 cm³/mol. The van der Waals surface area contributed by atoms with Crippen molar-refractivity contribution in [1.82, 2.24) is 25.2 Å². The molecule has 1 fully saturated rings. The van der Waals surface area contributed by atoms with Crippen LogP contribution in [0.3, 0.4) is 0 Å². The molecular weight excluding hydrogens is 218 g/mol. The molecule has 17 heavy (non-hydrogen) atoms. The lowest BCUT2D eigenvalue weighted by atomic mass is 10.2. The summed E-state index contributed by atoms with van der Waals surface area (Å²) < 4.78 is 1.70. The van der Waals surface area contributed by atoms with Crippen LogP contribution in [0.5, 0.6) is 0 Å². The Morgan fingerprint density at radius 3 is 2.82 bits per heavy atom. The molecule has 6 heteroatoms. The average molecular weight is 237 g/mol. The summed E-state index contributed by atoms with van der Waals surface area (Å²) in [5.74, 6) is 0.489. The first-order valence-electron chi connectivity index (χ1n) is 6.07.